The Labute approximate surface area is 206 Å². The van der Waals surface area contributed by atoms with Gasteiger partial charge >= 0.3 is 0 Å². The van der Waals surface area contributed by atoms with E-state index in [1.54, 1.807) is 12.1 Å². The van der Waals surface area contributed by atoms with Gasteiger partial charge in [0.15, 0.2) is 0 Å². The summed E-state index contributed by atoms with van der Waals surface area (Å²) >= 11 is 0. The van der Waals surface area contributed by atoms with E-state index >= 15 is 0 Å². The number of rotatable bonds is 9. The Morgan fingerprint density at radius 1 is 0.943 bits per heavy atom. The van der Waals surface area contributed by atoms with Crippen LogP contribution >= 0.6 is 0 Å². The number of amides is 1. The molecule has 5 heteroatoms. The summed E-state index contributed by atoms with van der Waals surface area (Å²) in [6.07, 6.45) is 3.16. The van der Waals surface area contributed by atoms with Crippen LogP contribution in [0.15, 0.2) is 84.4 Å². The number of carbonyl (C=O) groups excluding carboxylic acids is 2. The fraction of sp³-hybridized carbons (Fsp3) is 0.267. The first-order valence-electron chi connectivity index (χ1n) is 12.1. The van der Waals surface area contributed by atoms with Crippen LogP contribution in [0.3, 0.4) is 0 Å². The monoisotopic (exact) mass is 469 g/mol. The van der Waals surface area contributed by atoms with Crippen molar-refractivity contribution in [2.75, 3.05) is 6.61 Å². The van der Waals surface area contributed by atoms with Crippen molar-refractivity contribution in [2.24, 2.45) is 0 Å². The highest BCUT2D eigenvalue weighted by atomic mass is 16.5. The Bertz CT molecular complexity index is 1210. The highest BCUT2D eigenvalue weighted by Gasteiger charge is 2.46. The summed E-state index contributed by atoms with van der Waals surface area (Å²) in [6.45, 7) is 4.95. The topological polar surface area (TPSA) is 66.8 Å². The number of aliphatic hydroxyl groups is 1. The number of unbranched alkanes of at least 4 members (excludes halogenated alkanes) is 2. The lowest BCUT2D eigenvalue weighted by Gasteiger charge is -2.26. The van der Waals surface area contributed by atoms with Crippen molar-refractivity contribution < 1.29 is 19.4 Å². The fourth-order valence-corrected chi connectivity index (χ4v) is 4.35. The molecule has 1 unspecified atom stereocenters. The molecule has 0 saturated carbocycles. The Kier molecular flexibility index (Phi) is 7.66. The normalized spacial score (nSPS) is 17.1. The summed E-state index contributed by atoms with van der Waals surface area (Å²) in [5, 5.41) is 11.2. The van der Waals surface area contributed by atoms with Gasteiger partial charge in [-0.05, 0) is 36.6 Å². The molecule has 0 spiro atoms. The molecule has 1 fully saturated rings. The maximum atomic E-state index is 13.3. The van der Waals surface area contributed by atoms with Crippen LogP contribution in [0.2, 0.25) is 0 Å². The average molecular weight is 470 g/mol. The number of ether oxygens (including phenoxy) is 1. The van der Waals surface area contributed by atoms with Gasteiger partial charge < -0.3 is 14.7 Å². The van der Waals surface area contributed by atoms with Crippen LogP contribution in [-0.4, -0.2) is 28.3 Å². The van der Waals surface area contributed by atoms with Gasteiger partial charge in [-0.1, -0.05) is 92.1 Å². The highest BCUT2D eigenvalue weighted by molar-refractivity contribution is 6.46. The van der Waals surface area contributed by atoms with Gasteiger partial charge in [-0.2, -0.15) is 0 Å². The molecule has 3 aromatic carbocycles. The zero-order chi connectivity index (χ0) is 24.8. The molecule has 180 valence electrons. The summed E-state index contributed by atoms with van der Waals surface area (Å²) < 4.78 is 5.94. The first-order chi connectivity index (χ1) is 17.0. The van der Waals surface area contributed by atoms with E-state index in [1.165, 1.54) is 4.90 Å². The minimum absolute atomic E-state index is 0.0953. The van der Waals surface area contributed by atoms with Crippen molar-refractivity contribution in [3.05, 3.63) is 107 Å². The molecule has 1 N–H and O–H groups in total. The number of aliphatic hydroxyl groups excluding tert-OH is 1. The van der Waals surface area contributed by atoms with Crippen LogP contribution in [0.5, 0.6) is 5.75 Å². The summed E-state index contributed by atoms with van der Waals surface area (Å²) in [6, 6.07) is 23.6. The molecule has 4 rings (SSSR count). The van der Waals surface area contributed by atoms with Crippen molar-refractivity contribution in [3.8, 4) is 5.75 Å². The maximum absolute atomic E-state index is 13.3. The number of Topliss-reactive ketones (excluding diaryl/α,β-unsaturated/α-hetero) is 1. The van der Waals surface area contributed by atoms with Crippen molar-refractivity contribution >= 4 is 17.4 Å². The molecular formula is C30H31NO4. The highest BCUT2D eigenvalue weighted by Crippen LogP contribution is 2.41. The maximum Gasteiger partial charge on any atom is 0.295 e. The van der Waals surface area contributed by atoms with Gasteiger partial charge in [0, 0.05) is 12.1 Å². The van der Waals surface area contributed by atoms with Gasteiger partial charge in [0.05, 0.1) is 18.2 Å². The number of ketones is 1. The minimum atomic E-state index is -0.726. The third-order valence-electron chi connectivity index (χ3n) is 6.25. The summed E-state index contributed by atoms with van der Waals surface area (Å²) in [5.74, 6) is -0.794. The number of aryl methyl sites for hydroxylation is 1. The lowest BCUT2D eigenvalue weighted by Crippen LogP contribution is -2.29. The van der Waals surface area contributed by atoms with Gasteiger partial charge in [0.2, 0.25) is 0 Å². The summed E-state index contributed by atoms with van der Waals surface area (Å²) in [5.41, 5.74) is 3.27. The van der Waals surface area contributed by atoms with Gasteiger partial charge in [-0.25, -0.2) is 0 Å². The number of likely N-dealkylation sites (tertiary alicyclic amines) is 1. The molecule has 1 saturated heterocycles. The standard InChI is InChI=1S/C30H31NO4/c1-3-4-8-18-35-25-13-9-12-24(19-25)27-26(28(32)23-16-14-21(2)15-17-23)29(33)30(34)31(27)20-22-10-6-5-7-11-22/h5-7,9-17,19,27,32H,3-4,8,18,20H2,1-2H3. The molecule has 3 aromatic rings. The zero-order valence-electron chi connectivity index (χ0n) is 20.2. The second-order valence-electron chi connectivity index (χ2n) is 8.91. The van der Waals surface area contributed by atoms with Crippen molar-refractivity contribution in [1.29, 1.82) is 0 Å². The molecule has 1 heterocycles. The molecule has 1 atom stereocenters. The van der Waals surface area contributed by atoms with Crippen molar-refractivity contribution in [2.45, 2.75) is 45.7 Å². The number of hydrogen-bond acceptors (Lipinski definition) is 4. The van der Waals surface area contributed by atoms with E-state index in [4.69, 9.17) is 4.74 Å². The number of benzene rings is 3. The number of hydrogen-bond donors (Lipinski definition) is 1. The molecule has 0 radical (unpaired) electrons. The van der Waals surface area contributed by atoms with Crippen LogP contribution in [-0.2, 0) is 16.1 Å². The van der Waals surface area contributed by atoms with Crippen LogP contribution in [0, 0.1) is 6.92 Å². The average Bonchev–Trinajstić information content (AvgIpc) is 3.12. The summed E-state index contributed by atoms with van der Waals surface area (Å²) in [7, 11) is 0. The van der Waals surface area contributed by atoms with Crippen LogP contribution in [0.4, 0.5) is 0 Å². The first kappa shape index (κ1) is 24.3. The van der Waals surface area contributed by atoms with Crippen LogP contribution in [0.25, 0.3) is 5.76 Å². The van der Waals surface area contributed by atoms with Crippen LogP contribution in [0.1, 0.15) is 54.5 Å². The number of carbonyl (C=O) groups is 2. The number of nitrogens with zero attached hydrogens (tertiary/aromatic N) is 1. The van der Waals surface area contributed by atoms with Gasteiger partial charge in [-0.15, -0.1) is 0 Å². The molecule has 5 nitrogen and oxygen atoms in total. The van der Waals surface area contributed by atoms with E-state index in [9.17, 15) is 14.7 Å². The predicted octanol–water partition coefficient (Wildman–Crippen LogP) is 6.19. The third kappa shape index (κ3) is 5.46. The second kappa shape index (κ2) is 11.0. The Morgan fingerprint density at radius 3 is 2.40 bits per heavy atom. The third-order valence-corrected chi connectivity index (χ3v) is 6.25. The zero-order valence-corrected chi connectivity index (χ0v) is 20.2. The molecule has 1 aliphatic heterocycles. The molecule has 0 aromatic heterocycles. The van der Waals surface area contributed by atoms with Crippen LogP contribution < -0.4 is 4.74 Å². The van der Waals surface area contributed by atoms with Gasteiger partial charge in [0.25, 0.3) is 11.7 Å². The largest absolute Gasteiger partial charge is 0.507 e. The van der Waals surface area contributed by atoms with E-state index in [0.29, 0.717) is 17.9 Å². The molecule has 0 aliphatic carbocycles. The van der Waals surface area contributed by atoms with E-state index in [0.717, 1.165) is 36.0 Å². The first-order valence-corrected chi connectivity index (χ1v) is 12.1. The van der Waals surface area contributed by atoms with E-state index in [2.05, 4.69) is 6.92 Å². The van der Waals surface area contributed by atoms with Gasteiger partial charge in [0.1, 0.15) is 11.5 Å². The Balaban J connectivity index is 1.77. The minimum Gasteiger partial charge on any atom is -0.507 e. The van der Waals surface area contributed by atoms with E-state index in [1.807, 2.05) is 73.7 Å². The summed E-state index contributed by atoms with van der Waals surface area (Å²) in [4.78, 5) is 28.0. The smallest absolute Gasteiger partial charge is 0.295 e. The lowest BCUT2D eigenvalue weighted by molar-refractivity contribution is -0.140. The van der Waals surface area contributed by atoms with E-state index < -0.39 is 17.7 Å². The predicted molar refractivity (Wildman–Crippen MR) is 137 cm³/mol. The Morgan fingerprint density at radius 2 is 1.69 bits per heavy atom. The van der Waals surface area contributed by atoms with E-state index in [-0.39, 0.29) is 17.9 Å². The van der Waals surface area contributed by atoms with Gasteiger partial charge in [-0.3, -0.25) is 9.59 Å². The molecule has 35 heavy (non-hydrogen) atoms. The molecule has 1 aliphatic rings. The molecule has 0 bridgehead atoms. The SMILES string of the molecule is CCCCCOc1cccc(C2C(=C(O)c3ccc(C)cc3)C(=O)C(=O)N2Cc2ccccc2)c1. The molecule has 1 amide bonds. The van der Waals surface area contributed by atoms with Crippen molar-refractivity contribution in [1.82, 2.24) is 4.90 Å². The lowest BCUT2D eigenvalue weighted by atomic mass is 9.94. The second-order valence-corrected chi connectivity index (χ2v) is 8.91. The fourth-order valence-electron chi connectivity index (χ4n) is 4.35. The quantitative estimate of drug-likeness (QED) is 0.176. The Hall–Kier alpha value is -3.86. The van der Waals surface area contributed by atoms with Crippen molar-refractivity contribution in [3.63, 3.8) is 0 Å². The molecular weight excluding hydrogens is 438 g/mol.